The van der Waals surface area contributed by atoms with Gasteiger partial charge in [0.1, 0.15) is 10.7 Å². The van der Waals surface area contributed by atoms with E-state index in [0.29, 0.717) is 41.4 Å². The first-order valence-electron chi connectivity index (χ1n) is 5.94. The van der Waals surface area contributed by atoms with Crippen molar-refractivity contribution < 1.29 is 9.53 Å². The van der Waals surface area contributed by atoms with Gasteiger partial charge in [-0.3, -0.25) is 4.68 Å². The average molecular weight is 257 g/mol. The van der Waals surface area contributed by atoms with E-state index in [1.54, 1.807) is 11.6 Å². The lowest BCUT2D eigenvalue weighted by Gasteiger charge is -2.03. The van der Waals surface area contributed by atoms with Crippen LogP contribution in [-0.4, -0.2) is 22.4 Å². The number of aryl methyl sites for hydroxylation is 2. The zero-order valence-electron chi connectivity index (χ0n) is 10.4. The Labute approximate surface area is 106 Å². The Morgan fingerprint density at radius 2 is 2.29 bits per heavy atom. The minimum Gasteiger partial charge on any atom is -0.462 e. The van der Waals surface area contributed by atoms with Crippen molar-refractivity contribution >= 4 is 17.6 Å². The van der Waals surface area contributed by atoms with Crippen molar-refractivity contribution in [2.24, 2.45) is 11.8 Å². The summed E-state index contributed by atoms with van der Waals surface area (Å²) < 4.78 is 6.87. The molecular weight excluding hydrogens is 240 g/mol. The molecule has 4 nitrogen and oxygen atoms in total. The molecule has 0 amide bonds. The average Bonchev–Trinajstić information content (AvgIpc) is 2.91. The third kappa shape index (κ3) is 2.46. The molecule has 1 aliphatic rings. The molecule has 0 saturated heterocycles. The number of carbonyl (C=O) groups excluding carboxylic acids is 1. The maximum Gasteiger partial charge on any atom is 0.343 e. The molecule has 0 radical (unpaired) electrons. The van der Waals surface area contributed by atoms with Crippen LogP contribution in [0.15, 0.2) is 0 Å². The van der Waals surface area contributed by atoms with Crippen molar-refractivity contribution in [2.75, 3.05) is 6.61 Å². The van der Waals surface area contributed by atoms with Crippen LogP contribution in [0.4, 0.5) is 0 Å². The Morgan fingerprint density at radius 1 is 1.65 bits per heavy atom. The zero-order chi connectivity index (χ0) is 12.6. The summed E-state index contributed by atoms with van der Waals surface area (Å²) in [6.07, 6.45) is 1.15. The molecule has 0 spiro atoms. The quantitative estimate of drug-likeness (QED) is 0.778. The first-order valence-corrected chi connectivity index (χ1v) is 6.32. The molecule has 0 aromatic carbocycles. The van der Waals surface area contributed by atoms with Gasteiger partial charge in [-0.2, -0.15) is 5.10 Å². The number of carbonyl (C=O) groups is 1. The maximum absolute atomic E-state index is 11.9. The van der Waals surface area contributed by atoms with Crippen molar-refractivity contribution in [2.45, 2.75) is 33.7 Å². The number of hydrogen-bond acceptors (Lipinski definition) is 3. The molecule has 1 heterocycles. The number of nitrogens with zero attached hydrogens (tertiary/aromatic N) is 2. The SMILES string of the molecule is CCn1nc(C)c(C(=O)OC[C@H]2C[C@H]2C)c1Cl. The standard InChI is InChI=1S/C12H17ClN2O2/c1-4-15-11(13)10(8(3)14-15)12(16)17-6-9-5-7(9)2/h7,9H,4-6H2,1-3H3/t7-,9-/m1/s1. The fraction of sp³-hybridized carbons (Fsp3) is 0.667. The van der Waals surface area contributed by atoms with Crippen LogP contribution >= 0.6 is 11.6 Å². The number of ether oxygens (including phenoxy) is 1. The van der Waals surface area contributed by atoms with Crippen LogP contribution in [0.25, 0.3) is 0 Å². The maximum atomic E-state index is 11.9. The predicted molar refractivity (Wildman–Crippen MR) is 65.2 cm³/mol. The highest BCUT2D eigenvalue weighted by Crippen LogP contribution is 2.37. The van der Waals surface area contributed by atoms with Crippen molar-refractivity contribution in [3.05, 3.63) is 16.4 Å². The predicted octanol–water partition coefficient (Wildman–Crippen LogP) is 2.68. The van der Waals surface area contributed by atoms with Gasteiger partial charge in [0, 0.05) is 6.54 Å². The van der Waals surface area contributed by atoms with Crippen LogP contribution in [-0.2, 0) is 11.3 Å². The fourth-order valence-electron chi connectivity index (χ4n) is 1.88. The van der Waals surface area contributed by atoms with Crippen LogP contribution in [0.2, 0.25) is 5.15 Å². The number of esters is 1. The molecule has 0 N–H and O–H groups in total. The van der Waals surface area contributed by atoms with E-state index in [9.17, 15) is 4.79 Å². The van der Waals surface area contributed by atoms with Gasteiger partial charge in [0.05, 0.1) is 12.3 Å². The molecule has 2 atom stereocenters. The summed E-state index contributed by atoms with van der Waals surface area (Å²) >= 11 is 6.08. The van der Waals surface area contributed by atoms with Gasteiger partial charge in [-0.1, -0.05) is 18.5 Å². The molecule has 1 aromatic heterocycles. The van der Waals surface area contributed by atoms with Crippen molar-refractivity contribution in [3.63, 3.8) is 0 Å². The summed E-state index contributed by atoms with van der Waals surface area (Å²) in [4.78, 5) is 11.9. The minimum absolute atomic E-state index is 0.355. The Hall–Kier alpha value is -1.03. The Bertz CT molecular complexity index is 442. The largest absolute Gasteiger partial charge is 0.462 e. The molecule has 17 heavy (non-hydrogen) atoms. The van der Waals surface area contributed by atoms with Crippen LogP contribution in [0.3, 0.4) is 0 Å². The third-order valence-electron chi connectivity index (χ3n) is 3.27. The first-order chi connectivity index (χ1) is 8.04. The number of rotatable bonds is 4. The molecule has 1 aromatic rings. The molecule has 0 aliphatic heterocycles. The summed E-state index contributed by atoms with van der Waals surface area (Å²) in [5, 5.41) is 4.57. The van der Waals surface area contributed by atoms with Crippen molar-refractivity contribution in [1.29, 1.82) is 0 Å². The highest BCUT2D eigenvalue weighted by molar-refractivity contribution is 6.32. The summed E-state index contributed by atoms with van der Waals surface area (Å²) in [5.41, 5.74) is 1.03. The third-order valence-corrected chi connectivity index (χ3v) is 3.66. The molecule has 0 bridgehead atoms. The van der Waals surface area contributed by atoms with E-state index >= 15 is 0 Å². The van der Waals surface area contributed by atoms with Crippen LogP contribution in [0.1, 0.15) is 36.3 Å². The van der Waals surface area contributed by atoms with E-state index in [1.165, 1.54) is 0 Å². The van der Waals surface area contributed by atoms with E-state index in [-0.39, 0.29) is 5.97 Å². The lowest BCUT2D eigenvalue weighted by molar-refractivity contribution is 0.0480. The minimum atomic E-state index is -0.355. The Balaban J connectivity index is 2.05. The number of aromatic nitrogens is 2. The van der Waals surface area contributed by atoms with E-state index in [1.807, 2.05) is 6.92 Å². The normalized spacial score (nSPS) is 22.6. The molecule has 1 aliphatic carbocycles. The van der Waals surface area contributed by atoms with Crippen molar-refractivity contribution in [3.8, 4) is 0 Å². The lowest BCUT2D eigenvalue weighted by Crippen LogP contribution is -2.09. The molecular formula is C12H17ClN2O2. The second-order valence-corrected chi connectivity index (χ2v) is 5.00. The van der Waals surface area contributed by atoms with Gasteiger partial charge in [-0.15, -0.1) is 0 Å². The van der Waals surface area contributed by atoms with E-state index in [0.717, 1.165) is 6.42 Å². The summed E-state index contributed by atoms with van der Waals surface area (Å²) in [6.45, 7) is 7.00. The van der Waals surface area contributed by atoms with Gasteiger partial charge < -0.3 is 4.74 Å². The van der Waals surface area contributed by atoms with Gasteiger partial charge >= 0.3 is 5.97 Å². The van der Waals surface area contributed by atoms with Crippen LogP contribution < -0.4 is 0 Å². The monoisotopic (exact) mass is 256 g/mol. The van der Waals surface area contributed by atoms with Gasteiger partial charge in [-0.05, 0) is 32.1 Å². The zero-order valence-corrected chi connectivity index (χ0v) is 11.1. The molecule has 1 saturated carbocycles. The molecule has 2 rings (SSSR count). The second kappa shape index (κ2) is 4.69. The van der Waals surface area contributed by atoms with Crippen LogP contribution in [0.5, 0.6) is 0 Å². The van der Waals surface area contributed by atoms with E-state index in [2.05, 4.69) is 12.0 Å². The van der Waals surface area contributed by atoms with E-state index < -0.39 is 0 Å². The smallest absolute Gasteiger partial charge is 0.343 e. The number of halogens is 1. The molecule has 0 unspecified atom stereocenters. The highest BCUT2D eigenvalue weighted by atomic mass is 35.5. The summed E-state index contributed by atoms with van der Waals surface area (Å²) in [7, 11) is 0. The molecule has 94 valence electrons. The topological polar surface area (TPSA) is 44.1 Å². The van der Waals surface area contributed by atoms with Gasteiger partial charge in [0.15, 0.2) is 0 Å². The van der Waals surface area contributed by atoms with Gasteiger partial charge in [0.25, 0.3) is 0 Å². The number of hydrogen-bond donors (Lipinski definition) is 0. The Morgan fingerprint density at radius 3 is 2.76 bits per heavy atom. The Kier molecular flexibility index (Phi) is 3.43. The van der Waals surface area contributed by atoms with Gasteiger partial charge in [-0.25, -0.2) is 4.79 Å². The van der Waals surface area contributed by atoms with Gasteiger partial charge in [0.2, 0.25) is 0 Å². The van der Waals surface area contributed by atoms with E-state index in [4.69, 9.17) is 16.3 Å². The fourth-order valence-corrected chi connectivity index (χ4v) is 2.25. The molecule has 1 fully saturated rings. The second-order valence-electron chi connectivity index (χ2n) is 4.64. The van der Waals surface area contributed by atoms with Crippen LogP contribution in [0, 0.1) is 18.8 Å². The summed E-state index contributed by atoms with van der Waals surface area (Å²) in [5.74, 6) is 0.850. The highest BCUT2D eigenvalue weighted by Gasteiger charge is 2.34. The molecule has 5 heteroatoms. The lowest BCUT2D eigenvalue weighted by atomic mass is 10.2. The summed E-state index contributed by atoms with van der Waals surface area (Å²) in [6, 6.07) is 0. The van der Waals surface area contributed by atoms with Crippen molar-refractivity contribution in [1.82, 2.24) is 9.78 Å². The first kappa shape index (κ1) is 12.4.